The van der Waals surface area contributed by atoms with Crippen LogP contribution < -0.4 is 15.8 Å². The number of nitrogens with two attached hydrogens (primary N) is 1. The molecule has 9 nitrogen and oxygen atoms in total. The predicted molar refractivity (Wildman–Crippen MR) is 132 cm³/mol. The number of amides is 1. The van der Waals surface area contributed by atoms with Gasteiger partial charge in [0.05, 0.1) is 4.90 Å². The number of halogens is 1. The third-order valence-corrected chi connectivity index (χ3v) is 7.50. The number of carbonyl (C=O) groups is 2. The zero-order chi connectivity index (χ0) is 26.0. The minimum absolute atomic E-state index is 0.0106. The van der Waals surface area contributed by atoms with E-state index in [4.69, 9.17) is 22.1 Å². The van der Waals surface area contributed by atoms with Gasteiger partial charge in [-0.25, -0.2) is 13.2 Å². The summed E-state index contributed by atoms with van der Waals surface area (Å²) >= 11 is 5.95. The number of carbonyl (C=O) groups excluding carboxylic acids is 1. The van der Waals surface area contributed by atoms with E-state index in [9.17, 15) is 23.1 Å². The lowest BCUT2D eigenvalue weighted by Crippen LogP contribution is -2.51. The van der Waals surface area contributed by atoms with Crippen LogP contribution in [0.25, 0.3) is 0 Å². The first-order valence-electron chi connectivity index (χ1n) is 11.1. The Morgan fingerprint density at radius 2 is 1.89 bits per heavy atom. The third-order valence-electron chi connectivity index (χ3n) is 5.40. The van der Waals surface area contributed by atoms with Crippen molar-refractivity contribution >= 4 is 33.5 Å². The highest BCUT2D eigenvalue weighted by Crippen LogP contribution is 2.27. The number of rotatable bonds is 8. The van der Waals surface area contributed by atoms with Crippen LogP contribution in [0.3, 0.4) is 0 Å². The van der Waals surface area contributed by atoms with Gasteiger partial charge in [0.1, 0.15) is 23.4 Å². The zero-order valence-electron chi connectivity index (χ0n) is 19.8. The van der Waals surface area contributed by atoms with Crippen LogP contribution in [0, 0.1) is 0 Å². The Labute approximate surface area is 210 Å². The Bertz CT molecular complexity index is 1180. The fraction of sp³-hybridized carbons (Fsp3) is 0.417. The average Bonchev–Trinajstić information content (AvgIpc) is 3.16. The number of carboxylic acids is 1. The number of hydrogen-bond acceptors (Lipinski definition) is 6. The van der Waals surface area contributed by atoms with Crippen molar-refractivity contribution < 1.29 is 27.9 Å². The molecule has 1 saturated heterocycles. The molecule has 0 saturated carbocycles. The van der Waals surface area contributed by atoms with E-state index in [0.717, 1.165) is 4.31 Å². The second-order valence-corrected chi connectivity index (χ2v) is 11.8. The van der Waals surface area contributed by atoms with E-state index < -0.39 is 40.0 Å². The molecule has 1 amide bonds. The van der Waals surface area contributed by atoms with Crippen molar-refractivity contribution in [2.45, 2.75) is 62.2 Å². The molecule has 3 atom stereocenters. The maximum absolute atomic E-state index is 13.2. The van der Waals surface area contributed by atoms with Crippen molar-refractivity contribution in [1.82, 2.24) is 9.62 Å². The van der Waals surface area contributed by atoms with Gasteiger partial charge in [0, 0.05) is 24.0 Å². The lowest BCUT2D eigenvalue weighted by atomic mass is 10.0. The molecule has 2 unspecified atom stereocenters. The summed E-state index contributed by atoms with van der Waals surface area (Å²) in [5.74, 6) is -1.32. The van der Waals surface area contributed by atoms with Gasteiger partial charge in [0.25, 0.3) is 0 Å². The Kier molecular flexibility index (Phi) is 8.10. The summed E-state index contributed by atoms with van der Waals surface area (Å²) in [6.07, 6.45) is 0.0769. The first-order chi connectivity index (χ1) is 16.3. The molecule has 35 heavy (non-hydrogen) atoms. The molecular formula is C24H30ClN3O6S. The fourth-order valence-corrected chi connectivity index (χ4v) is 5.81. The molecule has 2 aromatic rings. The largest absolute Gasteiger partial charge is 0.488 e. The highest BCUT2D eigenvalue weighted by atomic mass is 35.5. The van der Waals surface area contributed by atoms with E-state index in [1.165, 1.54) is 18.2 Å². The van der Waals surface area contributed by atoms with Crippen molar-refractivity contribution in [2.75, 3.05) is 6.54 Å². The molecule has 190 valence electrons. The van der Waals surface area contributed by atoms with Gasteiger partial charge in [-0.3, -0.25) is 4.79 Å². The first-order valence-corrected chi connectivity index (χ1v) is 12.9. The second kappa shape index (κ2) is 10.5. The number of hydrogen-bond donors (Lipinski definition) is 3. The smallest absolute Gasteiger partial charge is 0.326 e. The maximum atomic E-state index is 13.2. The normalized spacial score (nSPS) is 19.8. The topological polar surface area (TPSA) is 139 Å². The molecule has 3 rings (SSSR count). The van der Waals surface area contributed by atoms with Crippen LogP contribution in [0.2, 0.25) is 5.02 Å². The molecule has 1 aliphatic heterocycles. The van der Waals surface area contributed by atoms with Crippen LogP contribution in [0.15, 0.2) is 53.4 Å². The molecule has 0 spiro atoms. The number of sulfonamides is 1. The fourth-order valence-electron chi connectivity index (χ4n) is 3.85. The van der Waals surface area contributed by atoms with Gasteiger partial charge >= 0.3 is 5.97 Å². The predicted octanol–water partition coefficient (Wildman–Crippen LogP) is 2.42. The molecule has 0 aliphatic carbocycles. The van der Waals surface area contributed by atoms with Gasteiger partial charge < -0.3 is 20.9 Å². The number of carboxylic acid groups (broad SMARTS) is 1. The summed E-state index contributed by atoms with van der Waals surface area (Å²) in [6.45, 7) is 5.69. The summed E-state index contributed by atoms with van der Waals surface area (Å²) in [5, 5.41) is 12.4. The number of nitrogens with one attached hydrogen (secondary N) is 1. The second-order valence-electron chi connectivity index (χ2n) is 9.51. The van der Waals surface area contributed by atoms with E-state index in [1.807, 2.05) is 20.8 Å². The molecule has 2 aromatic carbocycles. The maximum Gasteiger partial charge on any atom is 0.326 e. The molecule has 1 aliphatic rings. The molecule has 0 bridgehead atoms. The summed E-state index contributed by atoms with van der Waals surface area (Å²) in [4.78, 5) is 24.9. The third kappa shape index (κ3) is 6.94. The van der Waals surface area contributed by atoms with Gasteiger partial charge in [0.15, 0.2) is 0 Å². The standard InChI is InChI=1S/C24H30ClN3O6S/c1-24(2,3)34-18-9-7-15(8-10-18)11-20(23(30)31)27-22(29)21-13-17(26)14-28(21)35(32,33)19-6-4-5-16(25)12-19/h4-10,12,17,20-21H,11,13-14,26H2,1-3H3,(H,27,29)(H,30,31)/t17-,20?,21?/m1/s1. The van der Waals surface area contributed by atoms with Gasteiger partial charge in [-0.1, -0.05) is 29.8 Å². The van der Waals surface area contributed by atoms with Crippen LogP contribution in [0.1, 0.15) is 32.8 Å². The van der Waals surface area contributed by atoms with Crippen LogP contribution in [-0.4, -0.2) is 60.0 Å². The molecule has 4 N–H and O–H groups in total. The Balaban J connectivity index is 1.75. The van der Waals surface area contributed by atoms with Crippen LogP contribution >= 0.6 is 11.6 Å². The summed E-state index contributed by atoms with van der Waals surface area (Å²) in [7, 11) is -4.08. The van der Waals surface area contributed by atoms with E-state index in [1.54, 1.807) is 30.3 Å². The number of aliphatic carboxylic acids is 1. The van der Waals surface area contributed by atoms with Crippen molar-refractivity contribution in [3.05, 3.63) is 59.1 Å². The first kappa shape index (κ1) is 26.9. The van der Waals surface area contributed by atoms with Crippen LogP contribution in [-0.2, 0) is 26.0 Å². The van der Waals surface area contributed by atoms with E-state index in [0.29, 0.717) is 11.3 Å². The average molecular weight is 524 g/mol. The highest BCUT2D eigenvalue weighted by Gasteiger charge is 2.43. The summed E-state index contributed by atoms with van der Waals surface area (Å²) in [6, 6.07) is 9.66. The van der Waals surface area contributed by atoms with Gasteiger partial charge in [-0.05, 0) is 63.1 Å². The van der Waals surface area contributed by atoms with Crippen LogP contribution in [0.5, 0.6) is 5.75 Å². The molecule has 1 heterocycles. The number of benzene rings is 2. The van der Waals surface area contributed by atoms with E-state index in [-0.39, 0.29) is 34.9 Å². The van der Waals surface area contributed by atoms with Crippen molar-refractivity contribution in [2.24, 2.45) is 5.73 Å². The van der Waals surface area contributed by atoms with E-state index >= 15 is 0 Å². The van der Waals surface area contributed by atoms with Crippen molar-refractivity contribution in [1.29, 1.82) is 0 Å². The SMILES string of the molecule is CC(C)(C)Oc1ccc(CC(NC(=O)C2C[C@@H](N)CN2S(=O)(=O)c2cccc(Cl)c2)C(=O)O)cc1. The monoisotopic (exact) mass is 523 g/mol. The lowest BCUT2D eigenvalue weighted by Gasteiger charge is -2.25. The number of nitrogens with zero attached hydrogens (tertiary/aromatic N) is 1. The Morgan fingerprint density at radius 1 is 1.23 bits per heavy atom. The molecule has 0 radical (unpaired) electrons. The Hall–Kier alpha value is -2.66. The van der Waals surface area contributed by atoms with Crippen molar-refractivity contribution in [3.63, 3.8) is 0 Å². The van der Waals surface area contributed by atoms with Crippen molar-refractivity contribution in [3.8, 4) is 5.75 Å². The minimum atomic E-state index is -4.08. The molecular weight excluding hydrogens is 494 g/mol. The van der Waals surface area contributed by atoms with Gasteiger partial charge in [-0.15, -0.1) is 0 Å². The van der Waals surface area contributed by atoms with Crippen LogP contribution in [0.4, 0.5) is 0 Å². The minimum Gasteiger partial charge on any atom is -0.488 e. The lowest BCUT2D eigenvalue weighted by molar-refractivity contribution is -0.142. The highest BCUT2D eigenvalue weighted by molar-refractivity contribution is 7.89. The number of ether oxygens (including phenoxy) is 1. The molecule has 1 fully saturated rings. The molecule has 0 aromatic heterocycles. The van der Waals surface area contributed by atoms with Gasteiger partial charge in [-0.2, -0.15) is 4.31 Å². The zero-order valence-corrected chi connectivity index (χ0v) is 21.3. The van der Waals surface area contributed by atoms with Gasteiger partial charge in [0.2, 0.25) is 15.9 Å². The Morgan fingerprint density at radius 3 is 2.46 bits per heavy atom. The van der Waals surface area contributed by atoms with E-state index in [2.05, 4.69) is 5.32 Å². The molecule has 11 heteroatoms. The summed E-state index contributed by atoms with van der Waals surface area (Å²) in [5.41, 5.74) is 6.28. The quantitative estimate of drug-likeness (QED) is 0.482. The summed E-state index contributed by atoms with van der Waals surface area (Å²) < 4.78 is 33.2.